The second-order valence-corrected chi connectivity index (χ2v) is 5.71. The van der Waals surface area contributed by atoms with Crippen LogP contribution in [0.25, 0.3) is 0 Å². The van der Waals surface area contributed by atoms with E-state index in [1.54, 1.807) is 24.1 Å². The van der Waals surface area contributed by atoms with Gasteiger partial charge in [-0.2, -0.15) is 0 Å². The second-order valence-electron chi connectivity index (χ2n) is 5.27. The first-order valence-corrected chi connectivity index (χ1v) is 8.05. The van der Waals surface area contributed by atoms with Crippen LogP contribution in [0.4, 0.5) is 4.79 Å². The lowest BCUT2D eigenvalue weighted by Gasteiger charge is -2.31. The number of rotatable bonds is 4. The molecule has 1 saturated heterocycles. The molecule has 0 radical (unpaired) electrons. The van der Waals surface area contributed by atoms with Crippen LogP contribution in [0.5, 0.6) is 0 Å². The van der Waals surface area contributed by atoms with E-state index in [1.165, 1.54) is 0 Å². The smallest absolute Gasteiger partial charge is 0.409 e. The van der Waals surface area contributed by atoms with Gasteiger partial charge in [-0.1, -0.05) is 11.6 Å². The van der Waals surface area contributed by atoms with Crippen molar-refractivity contribution in [2.24, 2.45) is 10.7 Å². The van der Waals surface area contributed by atoms with Gasteiger partial charge in [-0.3, -0.25) is 4.98 Å². The largest absolute Gasteiger partial charge is 0.450 e. The number of hydrogen-bond donors (Lipinski definition) is 2. The van der Waals surface area contributed by atoms with Crippen molar-refractivity contribution in [2.45, 2.75) is 32.4 Å². The third-order valence-electron chi connectivity index (χ3n) is 3.57. The molecule has 1 fully saturated rings. The fourth-order valence-electron chi connectivity index (χ4n) is 2.34. The molecule has 134 valence electrons. The van der Waals surface area contributed by atoms with Gasteiger partial charge in [0.15, 0.2) is 5.96 Å². The number of carbonyl (C=O) groups excluding carboxylic acids is 1. The van der Waals surface area contributed by atoms with Crippen LogP contribution in [0.2, 0.25) is 5.02 Å². The minimum absolute atomic E-state index is 0. The van der Waals surface area contributed by atoms with Gasteiger partial charge >= 0.3 is 6.09 Å². The predicted molar refractivity (Wildman–Crippen MR) is 105 cm³/mol. The maximum atomic E-state index is 11.6. The lowest BCUT2D eigenvalue weighted by Crippen LogP contribution is -2.48. The Morgan fingerprint density at radius 3 is 2.79 bits per heavy atom. The summed E-state index contributed by atoms with van der Waals surface area (Å²) in [6.45, 7) is 3.91. The van der Waals surface area contributed by atoms with E-state index >= 15 is 0 Å². The molecule has 1 aliphatic heterocycles. The molecule has 0 aliphatic carbocycles. The molecule has 2 rings (SSSR count). The highest BCUT2D eigenvalue weighted by atomic mass is 127. The van der Waals surface area contributed by atoms with Gasteiger partial charge in [0.1, 0.15) is 0 Å². The van der Waals surface area contributed by atoms with E-state index in [4.69, 9.17) is 22.1 Å². The third-order valence-corrected chi connectivity index (χ3v) is 3.80. The number of piperidine rings is 1. The molecule has 3 N–H and O–H groups in total. The Morgan fingerprint density at radius 2 is 2.21 bits per heavy atom. The fourth-order valence-corrected chi connectivity index (χ4v) is 2.45. The first-order valence-electron chi connectivity index (χ1n) is 7.67. The van der Waals surface area contributed by atoms with E-state index in [2.05, 4.69) is 15.3 Å². The Morgan fingerprint density at radius 1 is 1.50 bits per heavy atom. The minimum Gasteiger partial charge on any atom is -0.450 e. The number of nitrogens with one attached hydrogen (secondary N) is 1. The van der Waals surface area contributed by atoms with E-state index in [-0.39, 0.29) is 36.1 Å². The molecule has 0 spiro atoms. The first kappa shape index (κ1) is 20.8. The maximum Gasteiger partial charge on any atom is 0.409 e. The van der Waals surface area contributed by atoms with Gasteiger partial charge in [-0.05, 0) is 31.9 Å². The summed E-state index contributed by atoms with van der Waals surface area (Å²) >= 11 is 5.78. The average Bonchev–Trinajstić information content (AvgIpc) is 2.55. The van der Waals surface area contributed by atoms with Crippen molar-refractivity contribution in [2.75, 3.05) is 19.7 Å². The maximum absolute atomic E-state index is 11.6. The number of nitrogens with zero attached hydrogens (tertiary/aromatic N) is 3. The Bertz CT molecular complexity index is 547. The summed E-state index contributed by atoms with van der Waals surface area (Å²) in [5.74, 6) is 0.385. The number of amides is 1. The van der Waals surface area contributed by atoms with Crippen LogP contribution < -0.4 is 11.1 Å². The highest BCUT2D eigenvalue weighted by Gasteiger charge is 2.23. The molecule has 2 heterocycles. The Balaban J connectivity index is 0.00000288. The SMILES string of the molecule is CCOC(=O)N1CCC(NC(N)=NCc2ccc(Cl)cn2)CC1.I. The van der Waals surface area contributed by atoms with E-state index < -0.39 is 0 Å². The molecule has 0 unspecified atom stereocenters. The second kappa shape index (κ2) is 10.5. The molecule has 9 heteroatoms. The summed E-state index contributed by atoms with van der Waals surface area (Å²) in [6.07, 6.45) is 2.96. The molecule has 1 aliphatic rings. The number of pyridine rings is 1. The van der Waals surface area contributed by atoms with Crippen molar-refractivity contribution < 1.29 is 9.53 Å². The van der Waals surface area contributed by atoms with Gasteiger partial charge < -0.3 is 20.7 Å². The number of guanidine groups is 1. The van der Waals surface area contributed by atoms with Crippen molar-refractivity contribution >= 4 is 47.6 Å². The van der Waals surface area contributed by atoms with Crippen LogP contribution in [0.15, 0.2) is 23.3 Å². The van der Waals surface area contributed by atoms with Crippen molar-refractivity contribution in [3.8, 4) is 0 Å². The van der Waals surface area contributed by atoms with Crippen LogP contribution >= 0.6 is 35.6 Å². The Labute approximate surface area is 164 Å². The summed E-state index contributed by atoms with van der Waals surface area (Å²) in [5.41, 5.74) is 6.71. The van der Waals surface area contributed by atoms with Crippen molar-refractivity contribution in [1.82, 2.24) is 15.2 Å². The molecular formula is C15H23ClIN5O2. The molecule has 1 amide bonds. The predicted octanol–water partition coefficient (Wildman–Crippen LogP) is 2.38. The highest BCUT2D eigenvalue weighted by molar-refractivity contribution is 14.0. The molecule has 0 aromatic carbocycles. The van der Waals surface area contributed by atoms with Crippen LogP contribution in [-0.2, 0) is 11.3 Å². The zero-order valence-electron chi connectivity index (χ0n) is 13.6. The summed E-state index contributed by atoms with van der Waals surface area (Å²) in [6, 6.07) is 3.80. The standard InChI is InChI=1S/C15H22ClN5O2.HI/c1-2-23-15(22)21-7-5-12(6-8-21)20-14(17)19-10-13-4-3-11(16)9-18-13;/h3-4,9,12H,2,5-8,10H2,1H3,(H3,17,19,20);1H. The van der Waals surface area contributed by atoms with Gasteiger partial charge in [0.25, 0.3) is 0 Å². The minimum atomic E-state index is -0.249. The molecule has 0 atom stereocenters. The van der Waals surface area contributed by atoms with Crippen LogP contribution in [0.1, 0.15) is 25.5 Å². The van der Waals surface area contributed by atoms with Crippen LogP contribution in [-0.4, -0.2) is 47.7 Å². The van der Waals surface area contributed by atoms with E-state index in [1.807, 2.05) is 6.07 Å². The lowest BCUT2D eigenvalue weighted by molar-refractivity contribution is 0.0963. The van der Waals surface area contributed by atoms with Crippen molar-refractivity contribution in [3.05, 3.63) is 29.0 Å². The quantitative estimate of drug-likeness (QED) is 0.403. The number of aliphatic imine (C=N–C) groups is 1. The Kier molecular flexibility index (Phi) is 9.12. The monoisotopic (exact) mass is 467 g/mol. The zero-order chi connectivity index (χ0) is 16.7. The van der Waals surface area contributed by atoms with E-state index in [0.29, 0.717) is 37.2 Å². The fraction of sp³-hybridized carbons (Fsp3) is 0.533. The van der Waals surface area contributed by atoms with Gasteiger partial charge in [0.05, 0.1) is 23.9 Å². The number of likely N-dealkylation sites (tertiary alicyclic amines) is 1. The number of ether oxygens (including phenoxy) is 1. The van der Waals surface area contributed by atoms with Gasteiger partial charge in [-0.25, -0.2) is 9.79 Å². The summed E-state index contributed by atoms with van der Waals surface area (Å²) in [7, 11) is 0. The molecule has 1 aromatic heterocycles. The first-order chi connectivity index (χ1) is 11.1. The normalized spacial score (nSPS) is 15.6. The van der Waals surface area contributed by atoms with Gasteiger partial charge in [-0.15, -0.1) is 24.0 Å². The van der Waals surface area contributed by atoms with Crippen LogP contribution in [0, 0.1) is 0 Å². The highest BCUT2D eigenvalue weighted by Crippen LogP contribution is 2.11. The molecular weight excluding hydrogens is 445 g/mol. The summed E-state index contributed by atoms with van der Waals surface area (Å²) in [4.78, 5) is 21.8. The topological polar surface area (TPSA) is 92.8 Å². The molecule has 0 bridgehead atoms. The zero-order valence-corrected chi connectivity index (χ0v) is 16.7. The van der Waals surface area contributed by atoms with Crippen molar-refractivity contribution in [3.63, 3.8) is 0 Å². The summed E-state index contributed by atoms with van der Waals surface area (Å²) < 4.78 is 5.00. The molecule has 1 aromatic rings. The summed E-state index contributed by atoms with van der Waals surface area (Å²) in [5, 5.41) is 3.78. The lowest BCUT2D eigenvalue weighted by atomic mass is 10.1. The number of carbonyl (C=O) groups is 1. The Hall–Kier alpha value is -1.29. The molecule has 0 saturated carbocycles. The van der Waals surface area contributed by atoms with E-state index in [0.717, 1.165) is 18.5 Å². The number of halogens is 2. The van der Waals surface area contributed by atoms with E-state index in [9.17, 15) is 4.79 Å². The third kappa shape index (κ3) is 6.68. The average molecular weight is 468 g/mol. The van der Waals surface area contributed by atoms with Crippen molar-refractivity contribution in [1.29, 1.82) is 0 Å². The molecule has 7 nitrogen and oxygen atoms in total. The van der Waals surface area contributed by atoms with Gasteiger partial charge in [0, 0.05) is 25.3 Å². The number of hydrogen-bond acceptors (Lipinski definition) is 4. The molecule has 24 heavy (non-hydrogen) atoms. The van der Waals surface area contributed by atoms with Crippen LogP contribution in [0.3, 0.4) is 0 Å². The number of nitrogens with two attached hydrogens (primary N) is 1. The number of aromatic nitrogens is 1. The van der Waals surface area contributed by atoms with Gasteiger partial charge in [0.2, 0.25) is 0 Å².